The van der Waals surface area contributed by atoms with Crippen LogP contribution in [-0.2, 0) is 4.79 Å². The van der Waals surface area contributed by atoms with Gasteiger partial charge >= 0.3 is 0 Å². The lowest BCUT2D eigenvalue weighted by Gasteiger charge is -2.43. The lowest BCUT2D eigenvalue weighted by Crippen LogP contribution is -2.53. The van der Waals surface area contributed by atoms with Gasteiger partial charge in [-0.05, 0) is 18.9 Å². The van der Waals surface area contributed by atoms with E-state index in [1.54, 1.807) is 36.2 Å². The van der Waals surface area contributed by atoms with Crippen molar-refractivity contribution in [3.05, 3.63) is 35.4 Å². The zero-order valence-electron chi connectivity index (χ0n) is 10.5. The van der Waals surface area contributed by atoms with Crippen molar-refractivity contribution in [2.24, 2.45) is 0 Å². The van der Waals surface area contributed by atoms with Gasteiger partial charge in [0.15, 0.2) is 6.29 Å². The summed E-state index contributed by atoms with van der Waals surface area (Å²) in [6.45, 7) is 0. The molecule has 1 fully saturated rings. The highest BCUT2D eigenvalue weighted by Gasteiger charge is 2.45. The molecule has 1 aromatic carbocycles. The summed E-state index contributed by atoms with van der Waals surface area (Å²) < 4.78 is 0. The molecule has 4 nitrogen and oxygen atoms in total. The molecule has 1 aliphatic carbocycles. The summed E-state index contributed by atoms with van der Waals surface area (Å²) in [6.07, 6.45) is 2.29. The summed E-state index contributed by atoms with van der Waals surface area (Å²) in [4.78, 5) is 34.7. The molecule has 1 saturated carbocycles. The van der Waals surface area contributed by atoms with E-state index >= 15 is 0 Å². The van der Waals surface area contributed by atoms with Crippen LogP contribution in [0.3, 0.4) is 0 Å². The van der Waals surface area contributed by atoms with Crippen LogP contribution < -0.4 is 0 Å². The molecule has 1 amide bonds. The topological polar surface area (TPSA) is 54.5 Å². The summed E-state index contributed by atoms with van der Waals surface area (Å²) in [7, 11) is 1.66. The van der Waals surface area contributed by atoms with E-state index in [9.17, 15) is 14.4 Å². The molecule has 19 heavy (non-hydrogen) atoms. The molecule has 5 heteroatoms. The molecule has 0 spiro atoms. The summed E-state index contributed by atoms with van der Waals surface area (Å²) >= 11 is 5.98. The fourth-order valence-corrected chi connectivity index (χ4v) is 2.60. The van der Waals surface area contributed by atoms with E-state index in [-0.39, 0.29) is 11.9 Å². The molecule has 100 valence electrons. The largest absolute Gasteiger partial charge is 0.339 e. The van der Waals surface area contributed by atoms with Crippen molar-refractivity contribution in [1.82, 2.24) is 4.90 Å². The predicted molar refractivity (Wildman–Crippen MR) is 71.6 cm³/mol. The highest BCUT2D eigenvalue weighted by molar-refractivity contribution is 6.32. The fourth-order valence-electron chi connectivity index (χ4n) is 2.24. The van der Waals surface area contributed by atoms with Crippen LogP contribution in [0.4, 0.5) is 0 Å². The second-order valence-electron chi connectivity index (χ2n) is 4.84. The van der Waals surface area contributed by atoms with Gasteiger partial charge in [-0.3, -0.25) is 9.59 Å². The Bertz CT molecular complexity index is 523. The molecule has 0 saturated heterocycles. The predicted octanol–water partition coefficient (Wildman–Crippen LogP) is 1.91. The van der Waals surface area contributed by atoms with E-state index < -0.39 is 4.87 Å². The molecule has 0 unspecified atom stereocenters. The lowest BCUT2D eigenvalue weighted by atomic mass is 9.79. The third kappa shape index (κ3) is 2.54. The Hall–Kier alpha value is -1.68. The third-order valence-corrected chi connectivity index (χ3v) is 3.95. The zero-order chi connectivity index (χ0) is 14.0. The Morgan fingerprint density at radius 1 is 1.37 bits per heavy atom. The van der Waals surface area contributed by atoms with E-state index in [2.05, 4.69) is 0 Å². The summed E-state index contributed by atoms with van der Waals surface area (Å²) in [5, 5.41) is 0. The minimum absolute atomic E-state index is 0.0603. The molecule has 0 N–H and O–H groups in total. The number of benzene rings is 1. The Morgan fingerprint density at radius 3 is 2.58 bits per heavy atom. The molecule has 1 aliphatic rings. The van der Waals surface area contributed by atoms with Crippen LogP contribution in [0, 0.1) is 0 Å². The first-order valence-electron chi connectivity index (χ1n) is 5.97. The van der Waals surface area contributed by atoms with E-state index in [4.69, 9.17) is 11.6 Å². The number of nitrogens with zero attached hydrogens (tertiary/aromatic N) is 1. The smallest absolute Gasteiger partial charge is 0.254 e. The number of carbonyl (C=O) groups is 3. The quantitative estimate of drug-likeness (QED) is 0.625. The van der Waals surface area contributed by atoms with E-state index in [1.165, 1.54) is 0 Å². The van der Waals surface area contributed by atoms with Crippen LogP contribution in [0.2, 0.25) is 0 Å². The molecule has 1 aromatic rings. The zero-order valence-corrected chi connectivity index (χ0v) is 11.3. The molecule has 2 rings (SSSR count). The molecule has 0 aromatic heterocycles. The third-order valence-electron chi connectivity index (χ3n) is 3.55. The van der Waals surface area contributed by atoms with Crippen molar-refractivity contribution in [3.8, 4) is 0 Å². The molecular formula is C14H14ClNO3. The maximum Gasteiger partial charge on any atom is 0.254 e. The van der Waals surface area contributed by atoms with Crippen molar-refractivity contribution < 1.29 is 14.4 Å². The van der Waals surface area contributed by atoms with Crippen LogP contribution in [0.25, 0.3) is 0 Å². The first kappa shape index (κ1) is 13.7. The van der Waals surface area contributed by atoms with Gasteiger partial charge < -0.3 is 9.69 Å². The highest BCUT2D eigenvalue weighted by Crippen LogP contribution is 2.39. The van der Waals surface area contributed by atoms with Gasteiger partial charge in [0.1, 0.15) is 11.2 Å². The number of aldehydes is 2. The molecule has 0 heterocycles. The Kier molecular flexibility index (Phi) is 3.71. The van der Waals surface area contributed by atoms with Gasteiger partial charge in [0.25, 0.3) is 5.91 Å². The average Bonchev–Trinajstić information content (AvgIpc) is 2.42. The second kappa shape index (κ2) is 5.13. The van der Waals surface area contributed by atoms with Crippen LogP contribution >= 0.6 is 11.6 Å². The number of rotatable bonds is 4. The van der Waals surface area contributed by atoms with Gasteiger partial charge in [0.05, 0.1) is 5.56 Å². The normalized spacial score (nSPS) is 25.3. The first-order valence-corrected chi connectivity index (χ1v) is 6.35. The maximum absolute atomic E-state index is 12.3. The Morgan fingerprint density at radius 2 is 2.00 bits per heavy atom. The monoisotopic (exact) mass is 279 g/mol. The van der Waals surface area contributed by atoms with Gasteiger partial charge in [-0.2, -0.15) is 0 Å². The van der Waals surface area contributed by atoms with Crippen molar-refractivity contribution in [2.75, 3.05) is 7.05 Å². The van der Waals surface area contributed by atoms with Crippen molar-refractivity contribution in [2.45, 2.75) is 23.8 Å². The number of alkyl halides is 1. The lowest BCUT2D eigenvalue weighted by molar-refractivity contribution is -0.113. The number of halogens is 1. The number of amides is 1. The molecule has 0 radical (unpaired) electrons. The second-order valence-corrected chi connectivity index (χ2v) is 5.59. The maximum atomic E-state index is 12.3. The van der Waals surface area contributed by atoms with E-state index in [0.29, 0.717) is 30.3 Å². The van der Waals surface area contributed by atoms with Crippen LogP contribution in [-0.4, -0.2) is 41.3 Å². The standard InChI is InChI=1S/C14H14ClNO3/c1-16(11-6-14(15,7-11)9-18)13(19)12-5-3-2-4-10(12)8-17/h2-5,8-9,11H,6-7H2,1H3. The van der Waals surface area contributed by atoms with Gasteiger partial charge in [0.2, 0.25) is 0 Å². The van der Waals surface area contributed by atoms with Crippen LogP contribution in [0.1, 0.15) is 33.6 Å². The van der Waals surface area contributed by atoms with Crippen molar-refractivity contribution >= 4 is 30.1 Å². The molecular weight excluding hydrogens is 266 g/mol. The number of hydrogen-bond acceptors (Lipinski definition) is 3. The van der Waals surface area contributed by atoms with Gasteiger partial charge in [-0.1, -0.05) is 18.2 Å². The van der Waals surface area contributed by atoms with Crippen LogP contribution in [0.5, 0.6) is 0 Å². The van der Waals surface area contributed by atoms with E-state index in [1.807, 2.05) is 0 Å². The average molecular weight is 280 g/mol. The van der Waals surface area contributed by atoms with E-state index in [0.717, 1.165) is 6.29 Å². The minimum Gasteiger partial charge on any atom is -0.339 e. The Labute approximate surface area is 116 Å². The number of carbonyl (C=O) groups excluding carboxylic acids is 3. The van der Waals surface area contributed by atoms with Crippen molar-refractivity contribution in [3.63, 3.8) is 0 Å². The first-order chi connectivity index (χ1) is 9.00. The molecule has 0 bridgehead atoms. The van der Waals surface area contributed by atoms with Gasteiger partial charge in [0, 0.05) is 18.7 Å². The SMILES string of the molecule is CN(C(=O)c1ccccc1C=O)C1CC(Cl)(C=O)C1. The van der Waals surface area contributed by atoms with Gasteiger partial charge in [-0.15, -0.1) is 11.6 Å². The minimum atomic E-state index is -0.830. The summed E-state index contributed by atoms with van der Waals surface area (Å²) in [5.74, 6) is -0.225. The summed E-state index contributed by atoms with van der Waals surface area (Å²) in [6, 6.07) is 6.59. The van der Waals surface area contributed by atoms with Crippen molar-refractivity contribution in [1.29, 1.82) is 0 Å². The Balaban J connectivity index is 2.12. The van der Waals surface area contributed by atoms with Gasteiger partial charge in [-0.25, -0.2) is 0 Å². The summed E-state index contributed by atoms with van der Waals surface area (Å²) in [5.41, 5.74) is 0.740. The fraction of sp³-hybridized carbons (Fsp3) is 0.357. The molecule has 0 atom stereocenters. The molecule has 0 aliphatic heterocycles. The highest BCUT2D eigenvalue weighted by atomic mass is 35.5. The van der Waals surface area contributed by atoms with Crippen LogP contribution in [0.15, 0.2) is 24.3 Å². The number of hydrogen-bond donors (Lipinski definition) is 0.